The number of aliphatic hydroxyl groups is 1. The summed E-state index contributed by atoms with van der Waals surface area (Å²) in [5, 5.41) is 13.1. The van der Waals surface area contributed by atoms with Gasteiger partial charge in [0.15, 0.2) is 0 Å². The normalized spacial score (nSPS) is 33.4. The average Bonchev–Trinajstić information content (AvgIpc) is 2.90. The lowest BCUT2D eigenvalue weighted by Gasteiger charge is -2.38. The van der Waals surface area contributed by atoms with Crippen LogP contribution in [0.4, 0.5) is 0 Å². The van der Waals surface area contributed by atoms with Crippen LogP contribution >= 0.6 is 0 Å². The molecule has 0 saturated heterocycles. The molecule has 0 bridgehead atoms. The van der Waals surface area contributed by atoms with Gasteiger partial charge in [-0.05, 0) is 124 Å². The van der Waals surface area contributed by atoms with Crippen LogP contribution in [0, 0.1) is 17.8 Å². The molecule has 0 heterocycles. The van der Waals surface area contributed by atoms with Crippen LogP contribution in [-0.2, 0) is 0 Å². The zero-order valence-corrected chi connectivity index (χ0v) is 21.9. The van der Waals surface area contributed by atoms with Gasteiger partial charge in [-0.25, -0.2) is 0 Å². The Morgan fingerprint density at radius 1 is 0.794 bits per heavy atom. The van der Waals surface area contributed by atoms with Crippen molar-refractivity contribution in [1.82, 2.24) is 5.32 Å². The zero-order chi connectivity index (χ0) is 23.8. The third-order valence-electron chi connectivity index (χ3n) is 9.78. The molecule has 1 aromatic rings. The molecule has 1 unspecified atom stereocenters. The van der Waals surface area contributed by atoms with Crippen molar-refractivity contribution in [2.75, 3.05) is 0 Å². The number of rotatable bonds is 10. The standard InChI is InChI=1S/C32H51NO/c1-3-5-6-7-24-8-10-25(11-9-24)26-12-14-27(15-13-26)28-16-18-29(19-17-28)30-20-22-31(23-21-30)33-32(34)4-2/h4,12-15,24-25,28-34H,2-3,5-11,16-23H2,1H3. The first-order valence-electron chi connectivity index (χ1n) is 14.8. The van der Waals surface area contributed by atoms with Gasteiger partial charge in [-0.2, -0.15) is 0 Å². The first kappa shape index (κ1) is 26.0. The molecule has 34 heavy (non-hydrogen) atoms. The third kappa shape index (κ3) is 7.20. The van der Waals surface area contributed by atoms with Gasteiger partial charge in [-0.3, -0.25) is 5.32 Å². The van der Waals surface area contributed by atoms with Crippen LogP contribution in [0.5, 0.6) is 0 Å². The molecule has 190 valence electrons. The summed E-state index contributed by atoms with van der Waals surface area (Å²) < 4.78 is 0. The van der Waals surface area contributed by atoms with Crippen molar-refractivity contribution in [1.29, 1.82) is 0 Å². The van der Waals surface area contributed by atoms with Crippen LogP contribution in [0.2, 0.25) is 0 Å². The van der Waals surface area contributed by atoms with Crippen molar-refractivity contribution < 1.29 is 5.11 Å². The maximum Gasteiger partial charge on any atom is 0.124 e. The van der Waals surface area contributed by atoms with E-state index in [4.69, 9.17) is 0 Å². The zero-order valence-electron chi connectivity index (χ0n) is 21.9. The number of hydrogen-bond donors (Lipinski definition) is 2. The Balaban J connectivity index is 1.18. The van der Waals surface area contributed by atoms with E-state index in [0.29, 0.717) is 6.04 Å². The minimum Gasteiger partial charge on any atom is -0.375 e. The van der Waals surface area contributed by atoms with Crippen molar-refractivity contribution >= 4 is 0 Å². The molecule has 0 amide bonds. The molecule has 0 spiro atoms. The monoisotopic (exact) mass is 465 g/mol. The van der Waals surface area contributed by atoms with Crippen molar-refractivity contribution in [3.8, 4) is 0 Å². The molecule has 0 aromatic heterocycles. The van der Waals surface area contributed by atoms with Crippen LogP contribution in [0.25, 0.3) is 0 Å². The molecule has 2 heteroatoms. The van der Waals surface area contributed by atoms with Crippen LogP contribution in [0.15, 0.2) is 36.9 Å². The van der Waals surface area contributed by atoms with E-state index in [1.807, 2.05) is 0 Å². The summed E-state index contributed by atoms with van der Waals surface area (Å²) in [4.78, 5) is 0. The quantitative estimate of drug-likeness (QED) is 0.206. The highest BCUT2D eigenvalue weighted by Crippen LogP contribution is 2.44. The molecular weight excluding hydrogens is 414 g/mol. The molecular formula is C32H51NO. The second kappa shape index (κ2) is 13.3. The van der Waals surface area contributed by atoms with Crippen LogP contribution < -0.4 is 5.32 Å². The predicted molar refractivity (Wildman–Crippen MR) is 145 cm³/mol. The van der Waals surface area contributed by atoms with Crippen molar-refractivity contribution in [2.45, 2.75) is 134 Å². The van der Waals surface area contributed by atoms with Gasteiger partial charge >= 0.3 is 0 Å². The Kier molecular flexibility index (Phi) is 10.1. The minimum atomic E-state index is -0.547. The highest BCUT2D eigenvalue weighted by molar-refractivity contribution is 5.28. The average molecular weight is 466 g/mol. The second-order valence-electron chi connectivity index (χ2n) is 12.0. The number of nitrogens with one attached hydrogen (secondary N) is 1. The Labute approximate surface area is 210 Å². The Morgan fingerprint density at radius 2 is 1.29 bits per heavy atom. The summed E-state index contributed by atoms with van der Waals surface area (Å²) in [5.41, 5.74) is 3.21. The summed E-state index contributed by atoms with van der Waals surface area (Å²) >= 11 is 0. The van der Waals surface area contributed by atoms with E-state index in [1.54, 1.807) is 17.2 Å². The highest BCUT2D eigenvalue weighted by Gasteiger charge is 2.31. The topological polar surface area (TPSA) is 32.3 Å². The van der Waals surface area contributed by atoms with Crippen LogP contribution in [-0.4, -0.2) is 17.4 Å². The molecule has 2 N–H and O–H groups in total. The predicted octanol–water partition coefficient (Wildman–Crippen LogP) is 8.47. The summed E-state index contributed by atoms with van der Waals surface area (Å²) in [5.74, 6) is 4.42. The summed E-state index contributed by atoms with van der Waals surface area (Å²) in [6.45, 7) is 5.99. The molecule has 3 aliphatic carbocycles. The minimum absolute atomic E-state index is 0.468. The SMILES string of the molecule is C=CC(O)NC1CCC(C2CCC(c3ccc(C4CCC(CCCCC)CC4)cc3)CC2)CC1. The van der Waals surface area contributed by atoms with E-state index < -0.39 is 6.23 Å². The van der Waals surface area contributed by atoms with Gasteiger partial charge in [-0.1, -0.05) is 63.5 Å². The second-order valence-corrected chi connectivity index (χ2v) is 12.0. The van der Waals surface area contributed by atoms with E-state index >= 15 is 0 Å². The van der Waals surface area contributed by atoms with E-state index in [1.165, 1.54) is 103 Å². The maximum absolute atomic E-state index is 9.77. The fourth-order valence-electron chi connectivity index (χ4n) is 7.50. The number of aliphatic hydroxyl groups excluding tert-OH is 1. The molecule has 3 fully saturated rings. The van der Waals surface area contributed by atoms with Gasteiger partial charge in [0, 0.05) is 6.04 Å². The van der Waals surface area contributed by atoms with E-state index in [0.717, 1.165) is 29.6 Å². The summed E-state index contributed by atoms with van der Waals surface area (Å²) in [6.07, 6.45) is 23.1. The number of benzene rings is 1. The fourth-order valence-corrected chi connectivity index (χ4v) is 7.50. The van der Waals surface area contributed by atoms with Gasteiger partial charge in [0.2, 0.25) is 0 Å². The van der Waals surface area contributed by atoms with Crippen molar-refractivity contribution in [3.63, 3.8) is 0 Å². The lowest BCUT2D eigenvalue weighted by atomic mass is 9.69. The van der Waals surface area contributed by atoms with Crippen LogP contribution in [0.1, 0.15) is 133 Å². The van der Waals surface area contributed by atoms with Crippen LogP contribution in [0.3, 0.4) is 0 Å². The van der Waals surface area contributed by atoms with Gasteiger partial charge in [0.1, 0.15) is 6.23 Å². The maximum atomic E-state index is 9.77. The molecule has 3 aliphatic rings. The first-order valence-corrected chi connectivity index (χ1v) is 14.8. The molecule has 0 radical (unpaired) electrons. The van der Waals surface area contributed by atoms with Crippen molar-refractivity contribution in [2.24, 2.45) is 17.8 Å². The molecule has 4 rings (SSSR count). The highest BCUT2D eigenvalue weighted by atomic mass is 16.3. The lowest BCUT2D eigenvalue weighted by molar-refractivity contribution is 0.126. The Bertz CT molecular complexity index is 703. The van der Waals surface area contributed by atoms with E-state index in [2.05, 4.69) is 43.1 Å². The molecule has 3 saturated carbocycles. The summed E-state index contributed by atoms with van der Waals surface area (Å²) in [6, 6.07) is 10.4. The molecule has 1 atom stereocenters. The van der Waals surface area contributed by atoms with Gasteiger partial charge in [-0.15, -0.1) is 0 Å². The molecule has 2 nitrogen and oxygen atoms in total. The number of hydrogen-bond acceptors (Lipinski definition) is 2. The lowest BCUT2D eigenvalue weighted by Crippen LogP contribution is -2.40. The largest absolute Gasteiger partial charge is 0.375 e. The Morgan fingerprint density at radius 3 is 1.79 bits per heavy atom. The fraction of sp³-hybridized carbons (Fsp3) is 0.750. The number of unbranched alkanes of at least 4 members (excludes halogenated alkanes) is 2. The molecule has 1 aromatic carbocycles. The Hall–Kier alpha value is -1.12. The van der Waals surface area contributed by atoms with E-state index in [-0.39, 0.29) is 0 Å². The van der Waals surface area contributed by atoms with E-state index in [9.17, 15) is 5.11 Å². The van der Waals surface area contributed by atoms with Gasteiger partial charge in [0.05, 0.1) is 0 Å². The van der Waals surface area contributed by atoms with Gasteiger partial charge in [0.25, 0.3) is 0 Å². The summed E-state index contributed by atoms with van der Waals surface area (Å²) in [7, 11) is 0. The molecule has 0 aliphatic heterocycles. The van der Waals surface area contributed by atoms with Crippen molar-refractivity contribution in [3.05, 3.63) is 48.0 Å². The first-order chi connectivity index (χ1) is 16.7. The third-order valence-corrected chi connectivity index (χ3v) is 9.78. The van der Waals surface area contributed by atoms with Gasteiger partial charge < -0.3 is 5.11 Å². The smallest absolute Gasteiger partial charge is 0.124 e.